The molecule has 2 aromatic rings. The molecule has 4 rings (SSSR count). The Kier molecular flexibility index (Phi) is 6.43. The van der Waals surface area contributed by atoms with Crippen LogP contribution < -0.4 is 10.9 Å². The quantitative estimate of drug-likeness (QED) is 0.438. The van der Waals surface area contributed by atoms with Crippen LogP contribution in [0, 0.1) is 11.3 Å². The highest BCUT2D eigenvalue weighted by Crippen LogP contribution is 2.32. The minimum Gasteiger partial charge on any atom is -0.337 e. The van der Waals surface area contributed by atoms with Gasteiger partial charge in [-0.25, -0.2) is 4.98 Å². The maximum absolute atomic E-state index is 13.2. The van der Waals surface area contributed by atoms with Gasteiger partial charge in [0.15, 0.2) is 5.16 Å². The van der Waals surface area contributed by atoms with Crippen molar-refractivity contribution in [3.05, 3.63) is 34.6 Å². The van der Waals surface area contributed by atoms with Gasteiger partial charge in [-0.05, 0) is 37.8 Å². The van der Waals surface area contributed by atoms with E-state index in [0.29, 0.717) is 28.9 Å². The largest absolute Gasteiger partial charge is 0.337 e. The van der Waals surface area contributed by atoms with Crippen LogP contribution in [0.2, 0.25) is 0 Å². The first kappa shape index (κ1) is 20.9. The molecule has 1 N–H and O–H groups in total. The molecule has 0 radical (unpaired) electrons. The van der Waals surface area contributed by atoms with Gasteiger partial charge in [-0.3, -0.25) is 14.2 Å². The van der Waals surface area contributed by atoms with Gasteiger partial charge in [0.05, 0.1) is 22.7 Å². The Balaban J connectivity index is 1.56. The third kappa shape index (κ3) is 4.39. The molecule has 2 aliphatic carbocycles. The minimum atomic E-state index is -0.754. The summed E-state index contributed by atoms with van der Waals surface area (Å²) >= 11 is 1.30. The summed E-state index contributed by atoms with van der Waals surface area (Å²) in [6.45, 7) is 0. The fourth-order valence-electron chi connectivity index (χ4n) is 4.74. The summed E-state index contributed by atoms with van der Waals surface area (Å²) in [5, 5.41) is 13.9. The molecule has 158 valence electrons. The molecule has 0 atom stereocenters. The summed E-state index contributed by atoms with van der Waals surface area (Å²) < 4.78 is 1.80. The molecule has 30 heavy (non-hydrogen) atoms. The average Bonchev–Trinajstić information content (AvgIpc) is 3.18. The van der Waals surface area contributed by atoms with Crippen molar-refractivity contribution < 1.29 is 4.79 Å². The molecule has 1 amide bonds. The first-order chi connectivity index (χ1) is 14.6. The highest BCUT2D eigenvalue weighted by Gasteiger charge is 2.32. The average molecular weight is 425 g/mol. The number of thioether (sulfide) groups is 1. The van der Waals surface area contributed by atoms with Crippen molar-refractivity contribution in [3.8, 4) is 6.07 Å². The van der Waals surface area contributed by atoms with Crippen molar-refractivity contribution >= 4 is 28.6 Å². The Bertz CT molecular complexity index is 1010. The molecule has 1 aromatic carbocycles. The summed E-state index contributed by atoms with van der Waals surface area (Å²) in [6, 6.07) is 9.91. The molecule has 0 spiro atoms. The van der Waals surface area contributed by atoms with E-state index in [4.69, 9.17) is 4.98 Å². The van der Waals surface area contributed by atoms with Gasteiger partial charge in [-0.2, -0.15) is 5.26 Å². The highest BCUT2D eigenvalue weighted by atomic mass is 32.2. The predicted molar refractivity (Wildman–Crippen MR) is 118 cm³/mol. The summed E-state index contributed by atoms with van der Waals surface area (Å²) in [6.07, 6.45) is 9.74. The number of carbonyl (C=O) groups is 1. The van der Waals surface area contributed by atoms with E-state index in [9.17, 15) is 14.9 Å². The van der Waals surface area contributed by atoms with Crippen molar-refractivity contribution in [3.63, 3.8) is 0 Å². The minimum absolute atomic E-state index is 0.0207. The molecule has 7 heteroatoms. The van der Waals surface area contributed by atoms with Gasteiger partial charge in [-0.15, -0.1) is 0 Å². The monoisotopic (exact) mass is 424 g/mol. The lowest BCUT2D eigenvalue weighted by molar-refractivity contribution is -0.120. The summed E-state index contributed by atoms with van der Waals surface area (Å²) in [4.78, 5) is 30.7. The van der Waals surface area contributed by atoms with E-state index >= 15 is 0 Å². The number of rotatable bonds is 5. The van der Waals surface area contributed by atoms with Crippen LogP contribution in [0.4, 0.5) is 0 Å². The fraction of sp³-hybridized carbons (Fsp3) is 0.565. The second-order valence-corrected chi connectivity index (χ2v) is 9.41. The molecular weight excluding hydrogens is 396 g/mol. The second kappa shape index (κ2) is 9.22. The summed E-state index contributed by atoms with van der Waals surface area (Å²) in [5.74, 6) is -0.00942. The van der Waals surface area contributed by atoms with E-state index in [0.717, 1.165) is 51.4 Å². The van der Waals surface area contributed by atoms with Crippen molar-refractivity contribution in [1.82, 2.24) is 14.9 Å². The number of nitriles is 1. The van der Waals surface area contributed by atoms with E-state index < -0.39 is 5.54 Å². The van der Waals surface area contributed by atoms with E-state index in [2.05, 4.69) is 11.4 Å². The van der Waals surface area contributed by atoms with Gasteiger partial charge < -0.3 is 5.32 Å². The zero-order chi connectivity index (χ0) is 21.0. The number of fused-ring (bicyclic) bond motifs is 1. The highest BCUT2D eigenvalue weighted by molar-refractivity contribution is 7.99. The molecule has 2 fully saturated rings. The number of nitrogens with zero attached hydrogens (tertiary/aromatic N) is 3. The maximum Gasteiger partial charge on any atom is 0.262 e. The maximum atomic E-state index is 13.2. The molecule has 0 aliphatic heterocycles. The van der Waals surface area contributed by atoms with Gasteiger partial charge in [0, 0.05) is 6.04 Å². The first-order valence-electron chi connectivity index (χ1n) is 11.0. The van der Waals surface area contributed by atoms with Crippen molar-refractivity contribution in [2.24, 2.45) is 0 Å². The third-order valence-electron chi connectivity index (χ3n) is 6.35. The Labute approximate surface area is 181 Å². The Hall–Kier alpha value is -2.33. The molecule has 0 saturated heterocycles. The van der Waals surface area contributed by atoms with Gasteiger partial charge in [0.2, 0.25) is 5.91 Å². The fourth-order valence-corrected chi connectivity index (χ4v) is 5.61. The van der Waals surface area contributed by atoms with E-state index in [-0.39, 0.29) is 23.3 Å². The second-order valence-electron chi connectivity index (χ2n) is 8.47. The number of aromatic nitrogens is 2. The Morgan fingerprint density at radius 1 is 1.17 bits per heavy atom. The number of hydrogen-bond acceptors (Lipinski definition) is 5. The molecular formula is C23H28N4O2S. The zero-order valence-corrected chi connectivity index (χ0v) is 18.0. The topological polar surface area (TPSA) is 87.8 Å². The number of carbonyl (C=O) groups excluding carboxylic acids is 1. The molecule has 6 nitrogen and oxygen atoms in total. The summed E-state index contributed by atoms with van der Waals surface area (Å²) in [7, 11) is 0. The lowest BCUT2D eigenvalue weighted by Crippen LogP contribution is -2.47. The van der Waals surface area contributed by atoms with Crippen LogP contribution in [-0.4, -0.2) is 26.8 Å². The van der Waals surface area contributed by atoms with Crippen LogP contribution in [0.15, 0.2) is 34.2 Å². The normalized spacial score (nSPS) is 19.3. The van der Waals surface area contributed by atoms with Crippen molar-refractivity contribution in [1.29, 1.82) is 5.26 Å². The number of benzene rings is 1. The van der Waals surface area contributed by atoms with Crippen LogP contribution >= 0.6 is 11.8 Å². The van der Waals surface area contributed by atoms with E-state index in [1.54, 1.807) is 4.57 Å². The third-order valence-corrected chi connectivity index (χ3v) is 7.30. The molecule has 1 aromatic heterocycles. The first-order valence-corrected chi connectivity index (χ1v) is 12.0. The SMILES string of the molecule is N#CC1(NC(=O)CSc2nc3ccccc3c(=O)n2C2CCCC2)CCCCCC1. The number of para-hydroxylation sites is 1. The van der Waals surface area contributed by atoms with Gasteiger partial charge >= 0.3 is 0 Å². The molecule has 2 saturated carbocycles. The van der Waals surface area contributed by atoms with Gasteiger partial charge in [-0.1, -0.05) is 62.4 Å². The van der Waals surface area contributed by atoms with Crippen LogP contribution in [0.25, 0.3) is 10.9 Å². The Morgan fingerprint density at radius 3 is 2.57 bits per heavy atom. The predicted octanol–water partition coefficient (Wildman–Crippen LogP) is 4.34. The van der Waals surface area contributed by atoms with Crippen LogP contribution in [0.3, 0.4) is 0 Å². The van der Waals surface area contributed by atoms with Crippen molar-refractivity contribution in [2.75, 3.05) is 5.75 Å². The van der Waals surface area contributed by atoms with Crippen molar-refractivity contribution in [2.45, 2.75) is 80.9 Å². The standard InChI is InChI=1S/C23H28N4O2S/c24-16-23(13-7-1-2-8-14-23)26-20(28)15-30-22-25-19-12-6-5-11-18(19)21(29)27(22)17-9-3-4-10-17/h5-6,11-12,17H,1-4,7-10,13-15H2,(H,26,28). The lowest BCUT2D eigenvalue weighted by Gasteiger charge is -2.26. The number of amides is 1. The van der Waals surface area contributed by atoms with Crippen LogP contribution in [-0.2, 0) is 4.79 Å². The summed E-state index contributed by atoms with van der Waals surface area (Å²) in [5.41, 5.74) is -0.111. The zero-order valence-electron chi connectivity index (χ0n) is 17.2. The number of nitrogens with one attached hydrogen (secondary N) is 1. The molecule has 0 unspecified atom stereocenters. The lowest BCUT2D eigenvalue weighted by atomic mass is 9.92. The smallest absolute Gasteiger partial charge is 0.262 e. The van der Waals surface area contributed by atoms with E-state index in [1.165, 1.54) is 11.8 Å². The molecule has 0 bridgehead atoms. The van der Waals surface area contributed by atoms with Crippen LogP contribution in [0.5, 0.6) is 0 Å². The van der Waals surface area contributed by atoms with E-state index in [1.807, 2.05) is 24.3 Å². The van der Waals surface area contributed by atoms with Crippen LogP contribution in [0.1, 0.15) is 70.3 Å². The van der Waals surface area contributed by atoms with Gasteiger partial charge in [0.25, 0.3) is 5.56 Å². The Morgan fingerprint density at radius 2 is 1.87 bits per heavy atom. The molecule has 2 aliphatic rings. The number of hydrogen-bond donors (Lipinski definition) is 1. The van der Waals surface area contributed by atoms with Gasteiger partial charge in [0.1, 0.15) is 5.54 Å². The molecule has 1 heterocycles.